The van der Waals surface area contributed by atoms with Gasteiger partial charge in [-0.05, 0) is 36.2 Å². The van der Waals surface area contributed by atoms with Crippen LogP contribution in [0.3, 0.4) is 0 Å². The van der Waals surface area contributed by atoms with Crippen LogP contribution in [0, 0.1) is 6.92 Å². The highest BCUT2D eigenvalue weighted by Crippen LogP contribution is 2.23. The smallest absolute Gasteiger partial charge is 0.241 e. The molecule has 3 rings (SSSR count). The Kier molecular flexibility index (Phi) is 6.33. The monoisotopic (exact) mass is 404 g/mol. The van der Waals surface area contributed by atoms with Gasteiger partial charge in [-0.1, -0.05) is 30.3 Å². The van der Waals surface area contributed by atoms with Crippen molar-refractivity contribution in [3.8, 4) is 5.75 Å². The van der Waals surface area contributed by atoms with E-state index >= 15 is 0 Å². The fourth-order valence-corrected chi connectivity index (χ4v) is 4.34. The fraction of sp³-hybridized carbons (Fsp3) is 0.350. The lowest BCUT2D eigenvalue weighted by atomic mass is 10.1. The molecule has 0 aliphatic carbocycles. The molecule has 1 aliphatic rings. The number of nitrogens with one attached hydrogen (secondary N) is 1. The van der Waals surface area contributed by atoms with Gasteiger partial charge in [0.25, 0.3) is 0 Å². The Bertz CT molecular complexity index is 931. The summed E-state index contributed by atoms with van der Waals surface area (Å²) in [5, 5.41) is 0. The van der Waals surface area contributed by atoms with Crippen LogP contribution in [-0.4, -0.2) is 52.6 Å². The minimum absolute atomic E-state index is 0.130. The van der Waals surface area contributed by atoms with E-state index < -0.39 is 10.0 Å². The first kappa shape index (κ1) is 20.3. The lowest BCUT2D eigenvalue weighted by Gasteiger charge is -2.33. The number of morpholine rings is 1. The quantitative estimate of drug-likeness (QED) is 0.795. The number of carbonyl (C=O) groups is 1. The molecule has 1 aliphatic heterocycles. The summed E-state index contributed by atoms with van der Waals surface area (Å²) in [6, 6.07) is 14.4. The van der Waals surface area contributed by atoms with E-state index in [-0.39, 0.29) is 23.5 Å². The number of hydrogen-bond donors (Lipinski definition) is 1. The topological polar surface area (TPSA) is 84.9 Å². The molecule has 0 bridgehead atoms. The maximum Gasteiger partial charge on any atom is 0.241 e. The van der Waals surface area contributed by atoms with Gasteiger partial charge in [0.1, 0.15) is 11.9 Å². The molecule has 1 atom stereocenters. The zero-order valence-electron chi connectivity index (χ0n) is 15.9. The first-order valence-electron chi connectivity index (χ1n) is 8.99. The van der Waals surface area contributed by atoms with Crippen molar-refractivity contribution < 1.29 is 22.7 Å². The number of ether oxygens (including phenoxy) is 2. The number of methoxy groups -OCH3 is 1. The minimum Gasteiger partial charge on any atom is -0.497 e. The van der Waals surface area contributed by atoms with Crippen LogP contribution in [0.5, 0.6) is 5.75 Å². The van der Waals surface area contributed by atoms with Crippen LogP contribution < -0.4 is 9.46 Å². The molecule has 2 aromatic carbocycles. The van der Waals surface area contributed by atoms with Gasteiger partial charge >= 0.3 is 0 Å². The Morgan fingerprint density at radius 3 is 2.68 bits per heavy atom. The van der Waals surface area contributed by atoms with E-state index in [1.807, 2.05) is 30.3 Å². The molecular formula is C20H24N2O5S. The van der Waals surface area contributed by atoms with Crippen LogP contribution in [0.4, 0.5) is 0 Å². The van der Waals surface area contributed by atoms with Crippen LogP contribution in [0.2, 0.25) is 0 Å². The second kappa shape index (κ2) is 8.72. The summed E-state index contributed by atoms with van der Waals surface area (Å²) < 4.78 is 38.4. The van der Waals surface area contributed by atoms with Crippen LogP contribution in [0.1, 0.15) is 17.2 Å². The molecule has 0 radical (unpaired) electrons. The number of amides is 1. The Morgan fingerprint density at radius 2 is 2.00 bits per heavy atom. The van der Waals surface area contributed by atoms with E-state index in [9.17, 15) is 13.2 Å². The van der Waals surface area contributed by atoms with Crippen molar-refractivity contribution in [3.05, 3.63) is 59.7 Å². The summed E-state index contributed by atoms with van der Waals surface area (Å²) in [7, 11) is -2.28. The van der Waals surface area contributed by atoms with Crippen molar-refractivity contribution in [2.45, 2.75) is 17.9 Å². The summed E-state index contributed by atoms with van der Waals surface area (Å²) >= 11 is 0. The molecule has 7 nitrogen and oxygen atoms in total. The third kappa shape index (κ3) is 4.70. The van der Waals surface area contributed by atoms with Crippen molar-refractivity contribution in [2.75, 3.05) is 33.4 Å². The maximum atomic E-state index is 12.6. The van der Waals surface area contributed by atoms with Crippen molar-refractivity contribution in [1.29, 1.82) is 0 Å². The molecule has 1 amide bonds. The number of aryl methyl sites for hydroxylation is 1. The molecular weight excluding hydrogens is 380 g/mol. The standard InChI is InChI=1S/C20H24N2O5S/c1-15-12-17(26-2)8-9-19(15)28(24,25)21-13-20(23)22-10-11-27-18(14-22)16-6-4-3-5-7-16/h3-9,12,18,21H,10-11,13-14H2,1-2H3/t18-/m0/s1. The average molecular weight is 404 g/mol. The van der Waals surface area contributed by atoms with E-state index in [1.54, 1.807) is 24.0 Å². The number of nitrogens with zero attached hydrogens (tertiary/aromatic N) is 1. The summed E-state index contributed by atoms with van der Waals surface area (Å²) in [6.45, 7) is 2.63. The van der Waals surface area contributed by atoms with E-state index in [4.69, 9.17) is 9.47 Å². The SMILES string of the molecule is COc1ccc(S(=O)(=O)NCC(=O)N2CCO[C@H](c3ccccc3)C2)c(C)c1. The van der Waals surface area contributed by atoms with Crippen molar-refractivity contribution >= 4 is 15.9 Å². The molecule has 28 heavy (non-hydrogen) atoms. The van der Waals surface area contributed by atoms with Gasteiger partial charge in [0, 0.05) is 6.54 Å². The summed E-state index contributed by atoms with van der Waals surface area (Å²) in [5.41, 5.74) is 1.55. The van der Waals surface area contributed by atoms with E-state index in [2.05, 4.69) is 4.72 Å². The molecule has 0 saturated carbocycles. The fourth-order valence-electron chi connectivity index (χ4n) is 3.14. The van der Waals surface area contributed by atoms with Gasteiger partial charge in [-0.25, -0.2) is 13.1 Å². The molecule has 1 saturated heterocycles. The Hall–Kier alpha value is -2.42. The van der Waals surface area contributed by atoms with Gasteiger partial charge in [0.15, 0.2) is 0 Å². The second-order valence-corrected chi connectivity index (χ2v) is 8.30. The molecule has 0 spiro atoms. The predicted molar refractivity (Wildman–Crippen MR) is 105 cm³/mol. The number of carbonyl (C=O) groups excluding carboxylic acids is 1. The Balaban J connectivity index is 1.63. The molecule has 1 fully saturated rings. The van der Waals surface area contributed by atoms with Crippen molar-refractivity contribution in [3.63, 3.8) is 0 Å². The zero-order valence-corrected chi connectivity index (χ0v) is 16.7. The highest BCUT2D eigenvalue weighted by atomic mass is 32.2. The van der Waals surface area contributed by atoms with Gasteiger partial charge in [-0.3, -0.25) is 4.79 Å². The molecule has 1 N–H and O–H groups in total. The van der Waals surface area contributed by atoms with Crippen LogP contribution in [0.15, 0.2) is 53.4 Å². The third-order valence-corrected chi connectivity index (χ3v) is 6.24. The Labute approximate surface area is 165 Å². The van der Waals surface area contributed by atoms with Gasteiger partial charge in [-0.2, -0.15) is 0 Å². The van der Waals surface area contributed by atoms with Gasteiger partial charge in [0.05, 0.1) is 31.7 Å². The van der Waals surface area contributed by atoms with Crippen molar-refractivity contribution in [1.82, 2.24) is 9.62 Å². The average Bonchev–Trinajstić information content (AvgIpc) is 2.72. The maximum absolute atomic E-state index is 12.6. The molecule has 8 heteroatoms. The highest BCUT2D eigenvalue weighted by molar-refractivity contribution is 7.89. The van der Waals surface area contributed by atoms with E-state index in [0.717, 1.165) is 5.56 Å². The van der Waals surface area contributed by atoms with Crippen molar-refractivity contribution in [2.24, 2.45) is 0 Å². The Morgan fingerprint density at radius 1 is 1.25 bits per heavy atom. The molecule has 0 unspecified atom stereocenters. The molecule has 1 heterocycles. The third-order valence-electron chi connectivity index (χ3n) is 4.68. The van der Waals surface area contributed by atoms with E-state index in [0.29, 0.717) is 31.0 Å². The zero-order chi connectivity index (χ0) is 20.1. The summed E-state index contributed by atoms with van der Waals surface area (Å²) in [6.07, 6.45) is -0.209. The number of sulfonamides is 1. The normalized spacial score (nSPS) is 17.4. The minimum atomic E-state index is -3.80. The largest absolute Gasteiger partial charge is 0.497 e. The second-order valence-electron chi connectivity index (χ2n) is 6.57. The summed E-state index contributed by atoms with van der Waals surface area (Å²) in [4.78, 5) is 14.3. The first-order valence-corrected chi connectivity index (χ1v) is 10.5. The number of hydrogen-bond acceptors (Lipinski definition) is 5. The highest BCUT2D eigenvalue weighted by Gasteiger charge is 2.26. The predicted octanol–water partition coefficient (Wildman–Crippen LogP) is 1.88. The van der Waals surface area contributed by atoms with Crippen LogP contribution in [0.25, 0.3) is 0 Å². The lowest BCUT2D eigenvalue weighted by molar-refractivity contribution is -0.137. The van der Waals surface area contributed by atoms with Gasteiger partial charge < -0.3 is 14.4 Å². The first-order chi connectivity index (χ1) is 13.4. The van der Waals surface area contributed by atoms with Crippen LogP contribution >= 0.6 is 0 Å². The summed E-state index contributed by atoms with van der Waals surface area (Å²) in [5.74, 6) is 0.298. The molecule has 0 aromatic heterocycles. The van der Waals surface area contributed by atoms with Crippen LogP contribution in [-0.2, 0) is 19.6 Å². The van der Waals surface area contributed by atoms with E-state index in [1.165, 1.54) is 13.2 Å². The van der Waals surface area contributed by atoms with Gasteiger partial charge in [0.2, 0.25) is 15.9 Å². The van der Waals surface area contributed by atoms with Gasteiger partial charge in [-0.15, -0.1) is 0 Å². The number of rotatable bonds is 6. The lowest BCUT2D eigenvalue weighted by Crippen LogP contribution is -2.46. The number of benzene rings is 2. The molecule has 150 valence electrons. The molecule has 2 aromatic rings.